The van der Waals surface area contributed by atoms with Gasteiger partial charge in [0.1, 0.15) is 10.6 Å². The molecule has 108 valence electrons. The van der Waals surface area contributed by atoms with Gasteiger partial charge in [-0.05, 0) is 30.5 Å². The number of thioether (sulfide) groups is 1. The number of benzene rings is 1. The van der Waals surface area contributed by atoms with Crippen LogP contribution in [-0.2, 0) is 0 Å². The number of aromatic nitrogens is 1. The number of pyridine rings is 1. The summed E-state index contributed by atoms with van der Waals surface area (Å²) in [6.45, 7) is 0. The van der Waals surface area contributed by atoms with Gasteiger partial charge in [0, 0.05) is 6.20 Å². The number of hydrogen-bond donors (Lipinski definition) is 2. The fourth-order valence-corrected chi connectivity index (χ4v) is 2.56. The average Bonchev–Trinajstić information content (AvgIpc) is 2.46. The molecule has 1 amide bonds. The Morgan fingerprint density at radius 1 is 1.29 bits per heavy atom. The predicted molar refractivity (Wildman–Crippen MR) is 82.4 cm³/mol. The summed E-state index contributed by atoms with van der Waals surface area (Å²) in [6, 6.07) is 7.79. The third-order valence-corrected chi connectivity index (χ3v) is 3.71. The van der Waals surface area contributed by atoms with Crippen LogP contribution in [-0.4, -0.2) is 28.2 Å². The molecule has 0 unspecified atom stereocenters. The van der Waals surface area contributed by atoms with Crippen LogP contribution >= 0.6 is 23.4 Å². The van der Waals surface area contributed by atoms with Crippen LogP contribution in [0.3, 0.4) is 0 Å². The molecule has 0 spiro atoms. The molecule has 2 aromatic rings. The number of amides is 1. The maximum Gasteiger partial charge on any atom is 0.339 e. The molecule has 1 aromatic heterocycles. The fourth-order valence-electron chi connectivity index (χ4n) is 1.76. The van der Waals surface area contributed by atoms with Gasteiger partial charge in [-0.3, -0.25) is 4.79 Å². The number of rotatable bonds is 4. The highest BCUT2D eigenvalue weighted by Crippen LogP contribution is 2.25. The Balaban J connectivity index is 2.37. The second kappa shape index (κ2) is 6.60. The Kier molecular flexibility index (Phi) is 4.82. The van der Waals surface area contributed by atoms with Crippen molar-refractivity contribution in [3.63, 3.8) is 0 Å². The fraction of sp³-hybridized carbons (Fsp3) is 0.0714. The van der Waals surface area contributed by atoms with Crippen molar-refractivity contribution < 1.29 is 14.7 Å². The number of carbonyl (C=O) groups excluding carboxylic acids is 1. The molecule has 7 heteroatoms. The van der Waals surface area contributed by atoms with Gasteiger partial charge in [-0.2, -0.15) is 0 Å². The van der Waals surface area contributed by atoms with E-state index in [2.05, 4.69) is 10.3 Å². The molecular weight excluding hydrogens is 312 g/mol. The van der Waals surface area contributed by atoms with E-state index in [9.17, 15) is 14.7 Å². The van der Waals surface area contributed by atoms with Gasteiger partial charge in [-0.15, -0.1) is 11.8 Å². The van der Waals surface area contributed by atoms with Crippen molar-refractivity contribution in [3.05, 3.63) is 52.7 Å². The minimum atomic E-state index is -1.20. The lowest BCUT2D eigenvalue weighted by molar-refractivity contribution is 0.0698. The Hall–Kier alpha value is -2.05. The number of aromatic carboxylic acids is 1. The predicted octanol–water partition coefficient (Wildman–Crippen LogP) is 3.41. The molecular formula is C14H11ClN2O3S. The average molecular weight is 323 g/mol. The van der Waals surface area contributed by atoms with Gasteiger partial charge in [0.15, 0.2) is 0 Å². The van der Waals surface area contributed by atoms with Gasteiger partial charge < -0.3 is 10.4 Å². The quantitative estimate of drug-likeness (QED) is 0.843. The summed E-state index contributed by atoms with van der Waals surface area (Å²) in [4.78, 5) is 27.6. The third kappa shape index (κ3) is 3.34. The molecule has 0 aliphatic carbocycles. The topological polar surface area (TPSA) is 79.3 Å². The lowest BCUT2D eigenvalue weighted by Gasteiger charge is -2.11. The number of carboxylic acids is 1. The van der Waals surface area contributed by atoms with Crippen LogP contribution in [0.25, 0.3) is 0 Å². The van der Waals surface area contributed by atoms with E-state index in [1.54, 1.807) is 30.7 Å². The summed E-state index contributed by atoms with van der Waals surface area (Å²) >= 11 is 7.20. The summed E-state index contributed by atoms with van der Waals surface area (Å²) in [6.07, 6.45) is 3.39. The Morgan fingerprint density at radius 3 is 2.71 bits per heavy atom. The van der Waals surface area contributed by atoms with Crippen LogP contribution in [0.2, 0.25) is 5.02 Å². The normalized spacial score (nSPS) is 10.2. The first-order valence-corrected chi connectivity index (χ1v) is 7.47. The monoisotopic (exact) mass is 322 g/mol. The molecule has 5 nitrogen and oxygen atoms in total. The Labute approximate surface area is 130 Å². The second-order valence-corrected chi connectivity index (χ2v) is 5.18. The number of nitrogens with zero attached hydrogens (tertiary/aromatic N) is 1. The van der Waals surface area contributed by atoms with Crippen molar-refractivity contribution in [1.29, 1.82) is 0 Å². The SMILES string of the molecule is CSc1ncccc1C(=O)Nc1cccc(Cl)c1C(=O)O. The first kappa shape index (κ1) is 15.3. The van der Waals surface area contributed by atoms with Crippen molar-refractivity contribution in [2.24, 2.45) is 0 Å². The van der Waals surface area contributed by atoms with Gasteiger partial charge in [0.2, 0.25) is 0 Å². The maximum absolute atomic E-state index is 12.3. The molecule has 21 heavy (non-hydrogen) atoms. The van der Waals surface area contributed by atoms with E-state index < -0.39 is 11.9 Å². The molecule has 1 aromatic carbocycles. The first-order chi connectivity index (χ1) is 10.0. The van der Waals surface area contributed by atoms with E-state index in [4.69, 9.17) is 11.6 Å². The summed E-state index contributed by atoms with van der Waals surface area (Å²) in [5, 5.41) is 12.4. The van der Waals surface area contributed by atoms with Crippen LogP contribution in [0, 0.1) is 0 Å². The number of carbonyl (C=O) groups is 2. The van der Waals surface area contributed by atoms with Crippen molar-refractivity contribution in [2.45, 2.75) is 5.03 Å². The summed E-state index contributed by atoms with van der Waals surface area (Å²) in [5.41, 5.74) is 0.388. The van der Waals surface area contributed by atoms with E-state index in [1.165, 1.54) is 23.9 Å². The Bertz CT molecular complexity index is 706. The number of anilines is 1. The van der Waals surface area contributed by atoms with Crippen LogP contribution in [0.5, 0.6) is 0 Å². The molecule has 0 saturated carbocycles. The highest BCUT2D eigenvalue weighted by Gasteiger charge is 2.18. The molecule has 0 fully saturated rings. The molecule has 0 aliphatic rings. The minimum Gasteiger partial charge on any atom is -0.478 e. The van der Waals surface area contributed by atoms with Crippen LogP contribution in [0.4, 0.5) is 5.69 Å². The standard InChI is InChI=1S/C14H11ClN2O3S/c1-21-13-8(4-3-7-16-13)12(18)17-10-6-2-5-9(15)11(10)14(19)20/h2-7H,1H3,(H,17,18)(H,19,20). The molecule has 0 aliphatic heterocycles. The van der Waals surface area contributed by atoms with Gasteiger partial charge in [0.25, 0.3) is 5.91 Å². The lowest BCUT2D eigenvalue weighted by atomic mass is 10.1. The molecule has 0 atom stereocenters. The van der Waals surface area contributed by atoms with Gasteiger partial charge in [-0.25, -0.2) is 9.78 Å². The molecule has 0 saturated heterocycles. The number of halogens is 1. The molecule has 2 N–H and O–H groups in total. The van der Waals surface area contributed by atoms with E-state index in [1.807, 2.05) is 0 Å². The van der Waals surface area contributed by atoms with Crippen LogP contribution in [0.15, 0.2) is 41.6 Å². The largest absolute Gasteiger partial charge is 0.478 e. The highest BCUT2D eigenvalue weighted by atomic mass is 35.5. The molecule has 2 rings (SSSR count). The minimum absolute atomic E-state index is 0.0663. The van der Waals surface area contributed by atoms with Crippen molar-refractivity contribution in [3.8, 4) is 0 Å². The Morgan fingerprint density at radius 2 is 2.05 bits per heavy atom. The summed E-state index contributed by atoms with van der Waals surface area (Å²) < 4.78 is 0. The zero-order valence-electron chi connectivity index (χ0n) is 11.0. The number of carboxylic acid groups (broad SMARTS) is 1. The van der Waals surface area contributed by atoms with Crippen molar-refractivity contribution in [1.82, 2.24) is 4.98 Å². The van der Waals surface area contributed by atoms with Crippen molar-refractivity contribution >= 4 is 40.9 Å². The van der Waals surface area contributed by atoms with E-state index >= 15 is 0 Å². The van der Waals surface area contributed by atoms with E-state index in [-0.39, 0.29) is 16.3 Å². The third-order valence-electron chi connectivity index (χ3n) is 2.68. The van der Waals surface area contributed by atoms with Gasteiger partial charge in [0.05, 0.1) is 16.3 Å². The zero-order valence-corrected chi connectivity index (χ0v) is 12.5. The first-order valence-electron chi connectivity index (χ1n) is 5.86. The molecule has 1 heterocycles. The maximum atomic E-state index is 12.3. The number of nitrogens with one attached hydrogen (secondary N) is 1. The molecule has 0 bridgehead atoms. The van der Waals surface area contributed by atoms with Crippen molar-refractivity contribution in [2.75, 3.05) is 11.6 Å². The van der Waals surface area contributed by atoms with E-state index in [0.717, 1.165) is 0 Å². The second-order valence-electron chi connectivity index (χ2n) is 3.98. The smallest absolute Gasteiger partial charge is 0.339 e. The van der Waals surface area contributed by atoms with Gasteiger partial charge >= 0.3 is 5.97 Å². The molecule has 0 radical (unpaired) electrons. The lowest BCUT2D eigenvalue weighted by Crippen LogP contribution is -2.16. The summed E-state index contributed by atoms with van der Waals surface area (Å²) in [7, 11) is 0. The van der Waals surface area contributed by atoms with Crippen LogP contribution < -0.4 is 5.32 Å². The number of hydrogen-bond acceptors (Lipinski definition) is 4. The highest BCUT2D eigenvalue weighted by molar-refractivity contribution is 7.98. The zero-order chi connectivity index (χ0) is 15.4. The van der Waals surface area contributed by atoms with Gasteiger partial charge in [-0.1, -0.05) is 17.7 Å². The van der Waals surface area contributed by atoms with E-state index in [0.29, 0.717) is 10.6 Å². The van der Waals surface area contributed by atoms with Crippen LogP contribution in [0.1, 0.15) is 20.7 Å². The summed E-state index contributed by atoms with van der Waals surface area (Å²) in [5.74, 6) is -1.63.